The normalized spacial score (nSPS) is 16.4. The Labute approximate surface area is 142 Å². The van der Waals surface area contributed by atoms with E-state index in [1.165, 1.54) is 0 Å². The molecule has 0 amide bonds. The molecule has 0 atom stereocenters. The predicted octanol–water partition coefficient (Wildman–Crippen LogP) is 2.64. The average molecular weight is 331 g/mol. The van der Waals surface area contributed by atoms with Crippen molar-refractivity contribution in [1.82, 2.24) is 4.90 Å². The molecular formula is C19H25NO4. The highest BCUT2D eigenvalue weighted by molar-refractivity contribution is 5.93. The van der Waals surface area contributed by atoms with Crippen LogP contribution in [0.15, 0.2) is 30.3 Å². The lowest BCUT2D eigenvalue weighted by Crippen LogP contribution is -2.37. The number of ether oxygens (including phenoxy) is 1. The number of allylic oxidation sites excluding steroid dienone is 1. The number of hydrogen-bond acceptors (Lipinski definition) is 5. The van der Waals surface area contributed by atoms with Gasteiger partial charge in [0.1, 0.15) is 5.75 Å². The number of phenols is 1. The zero-order valence-corrected chi connectivity index (χ0v) is 14.1. The van der Waals surface area contributed by atoms with Crippen LogP contribution in [0.5, 0.6) is 5.75 Å². The monoisotopic (exact) mass is 331 g/mol. The van der Waals surface area contributed by atoms with Crippen molar-refractivity contribution in [2.45, 2.75) is 26.2 Å². The summed E-state index contributed by atoms with van der Waals surface area (Å²) in [7, 11) is 0. The smallest absolute Gasteiger partial charge is 0.309 e. The number of esters is 1. The standard InChI is InChI=1S/C19H25NO4/c1-2-24-19(23)16-9-12-20(13-10-16)14-11-18(22)8-5-15-3-6-17(21)7-4-15/h3-8,16,21H,2,9-14H2,1H3/b8-5+. The van der Waals surface area contributed by atoms with E-state index in [-0.39, 0.29) is 23.4 Å². The highest BCUT2D eigenvalue weighted by atomic mass is 16.5. The van der Waals surface area contributed by atoms with Gasteiger partial charge in [0.25, 0.3) is 0 Å². The van der Waals surface area contributed by atoms with Gasteiger partial charge >= 0.3 is 5.97 Å². The molecule has 1 aliphatic heterocycles. The topological polar surface area (TPSA) is 66.8 Å². The molecule has 0 saturated carbocycles. The van der Waals surface area contributed by atoms with Crippen molar-refractivity contribution in [3.8, 4) is 5.75 Å². The van der Waals surface area contributed by atoms with Crippen LogP contribution in [0, 0.1) is 5.92 Å². The minimum Gasteiger partial charge on any atom is -0.508 e. The van der Waals surface area contributed by atoms with Gasteiger partial charge in [0, 0.05) is 13.0 Å². The summed E-state index contributed by atoms with van der Waals surface area (Å²) in [5.41, 5.74) is 0.886. The number of ketones is 1. The van der Waals surface area contributed by atoms with Gasteiger partial charge in [-0.2, -0.15) is 0 Å². The molecule has 0 aliphatic carbocycles. The van der Waals surface area contributed by atoms with Gasteiger partial charge < -0.3 is 14.7 Å². The summed E-state index contributed by atoms with van der Waals surface area (Å²) in [4.78, 5) is 25.9. The van der Waals surface area contributed by atoms with Crippen LogP contribution in [0.25, 0.3) is 6.08 Å². The van der Waals surface area contributed by atoms with Crippen molar-refractivity contribution >= 4 is 17.8 Å². The lowest BCUT2D eigenvalue weighted by Gasteiger charge is -2.30. The molecule has 0 radical (unpaired) electrons. The molecular weight excluding hydrogens is 306 g/mol. The van der Waals surface area contributed by atoms with Crippen molar-refractivity contribution in [3.05, 3.63) is 35.9 Å². The summed E-state index contributed by atoms with van der Waals surface area (Å²) in [6.45, 7) is 4.64. The van der Waals surface area contributed by atoms with Gasteiger partial charge in [0.05, 0.1) is 12.5 Å². The summed E-state index contributed by atoms with van der Waals surface area (Å²) in [5, 5.41) is 9.22. The maximum absolute atomic E-state index is 11.9. The van der Waals surface area contributed by atoms with Crippen molar-refractivity contribution in [3.63, 3.8) is 0 Å². The maximum atomic E-state index is 11.9. The predicted molar refractivity (Wildman–Crippen MR) is 92.6 cm³/mol. The van der Waals surface area contributed by atoms with E-state index in [4.69, 9.17) is 4.74 Å². The Bertz CT molecular complexity index is 572. The first-order valence-corrected chi connectivity index (χ1v) is 8.47. The van der Waals surface area contributed by atoms with Crippen molar-refractivity contribution in [1.29, 1.82) is 0 Å². The Hall–Kier alpha value is -2.14. The Balaban J connectivity index is 1.69. The van der Waals surface area contributed by atoms with Crippen LogP contribution in [0.4, 0.5) is 0 Å². The molecule has 5 heteroatoms. The number of aromatic hydroxyl groups is 1. The molecule has 1 N–H and O–H groups in total. The second-order valence-electron chi connectivity index (χ2n) is 6.01. The van der Waals surface area contributed by atoms with Gasteiger partial charge in [0.15, 0.2) is 5.78 Å². The first kappa shape index (κ1) is 18.2. The van der Waals surface area contributed by atoms with E-state index < -0.39 is 0 Å². The highest BCUT2D eigenvalue weighted by Crippen LogP contribution is 2.19. The fourth-order valence-electron chi connectivity index (χ4n) is 2.78. The summed E-state index contributed by atoms with van der Waals surface area (Å²) < 4.78 is 5.06. The number of likely N-dealkylation sites (tertiary alicyclic amines) is 1. The number of benzene rings is 1. The van der Waals surface area contributed by atoms with Crippen molar-refractivity contribution in [2.24, 2.45) is 5.92 Å². The Morgan fingerprint density at radius 1 is 1.25 bits per heavy atom. The number of piperidine rings is 1. The van der Waals surface area contributed by atoms with Crippen LogP contribution in [0.1, 0.15) is 31.7 Å². The Kier molecular flexibility index (Phi) is 7.00. The third-order valence-corrected chi connectivity index (χ3v) is 4.24. The average Bonchev–Trinajstić information content (AvgIpc) is 2.60. The Morgan fingerprint density at radius 2 is 1.92 bits per heavy atom. The second-order valence-corrected chi connectivity index (χ2v) is 6.01. The van der Waals surface area contributed by atoms with Crippen molar-refractivity contribution in [2.75, 3.05) is 26.2 Å². The van der Waals surface area contributed by atoms with Gasteiger partial charge in [-0.1, -0.05) is 18.2 Å². The SMILES string of the molecule is CCOC(=O)C1CCN(CCC(=O)/C=C/c2ccc(O)cc2)CC1. The molecule has 130 valence electrons. The number of phenolic OH excluding ortho intramolecular Hbond substituents is 1. The number of carbonyl (C=O) groups is 2. The zero-order valence-electron chi connectivity index (χ0n) is 14.1. The van der Waals surface area contributed by atoms with Gasteiger partial charge in [-0.05, 0) is 56.6 Å². The quantitative estimate of drug-likeness (QED) is 0.614. The van der Waals surface area contributed by atoms with E-state index in [9.17, 15) is 14.7 Å². The fourth-order valence-corrected chi connectivity index (χ4v) is 2.78. The first-order chi connectivity index (χ1) is 11.6. The molecule has 1 saturated heterocycles. The molecule has 1 aromatic carbocycles. The third kappa shape index (κ3) is 5.81. The number of carbonyl (C=O) groups excluding carboxylic acids is 2. The summed E-state index contributed by atoms with van der Waals surface area (Å²) in [6.07, 6.45) is 5.41. The summed E-state index contributed by atoms with van der Waals surface area (Å²) >= 11 is 0. The van der Waals surface area contributed by atoms with Gasteiger partial charge in [-0.3, -0.25) is 9.59 Å². The molecule has 1 aromatic rings. The first-order valence-electron chi connectivity index (χ1n) is 8.47. The minimum atomic E-state index is -0.0925. The molecule has 1 aliphatic rings. The van der Waals surface area contributed by atoms with Crippen LogP contribution >= 0.6 is 0 Å². The third-order valence-electron chi connectivity index (χ3n) is 4.24. The zero-order chi connectivity index (χ0) is 17.4. The molecule has 24 heavy (non-hydrogen) atoms. The molecule has 1 heterocycles. The second kappa shape index (κ2) is 9.23. The molecule has 0 spiro atoms. The number of rotatable bonds is 7. The van der Waals surface area contributed by atoms with E-state index in [1.807, 2.05) is 6.92 Å². The van der Waals surface area contributed by atoms with E-state index in [2.05, 4.69) is 4.90 Å². The molecule has 0 unspecified atom stereocenters. The largest absolute Gasteiger partial charge is 0.508 e. The maximum Gasteiger partial charge on any atom is 0.309 e. The fraction of sp³-hybridized carbons (Fsp3) is 0.474. The van der Waals surface area contributed by atoms with Crippen LogP contribution in [0.2, 0.25) is 0 Å². The van der Waals surface area contributed by atoms with Crippen LogP contribution in [-0.2, 0) is 14.3 Å². The van der Waals surface area contributed by atoms with Gasteiger partial charge in [-0.15, -0.1) is 0 Å². The molecule has 0 aromatic heterocycles. The van der Waals surface area contributed by atoms with Crippen LogP contribution in [0.3, 0.4) is 0 Å². The summed E-state index contributed by atoms with van der Waals surface area (Å²) in [6, 6.07) is 6.72. The van der Waals surface area contributed by atoms with Crippen molar-refractivity contribution < 1.29 is 19.4 Å². The molecule has 0 bridgehead atoms. The number of nitrogens with zero attached hydrogens (tertiary/aromatic N) is 1. The Morgan fingerprint density at radius 3 is 2.54 bits per heavy atom. The van der Waals surface area contributed by atoms with Crippen LogP contribution < -0.4 is 0 Å². The highest BCUT2D eigenvalue weighted by Gasteiger charge is 2.25. The summed E-state index contributed by atoms with van der Waals surface area (Å²) in [5.74, 6) is 0.205. The molecule has 2 rings (SSSR count). The minimum absolute atomic E-state index is 0.00583. The molecule has 1 fully saturated rings. The van der Waals surface area contributed by atoms with Gasteiger partial charge in [-0.25, -0.2) is 0 Å². The van der Waals surface area contributed by atoms with Crippen LogP contribution in [-0.4, -0.2) is 48.0 Å². The molecule has 5 nitrogen and oxygen atoms in total. The lowest BCUT2D eigenvalue weighted by atomic mass is 9.97. The van der Waals surface area contributed by atoms with Gasteiger partial charge in [0.2, 0.25) is 0 Å². The van der Waals surface area contributed by atoms with E-state index in [0.717, 1.165) is 31.5 Å². The van der Waals surface area contributed by atoms with E-state index >= 15 is 0 Å². The van der Waals surface area contributed by atoms with E-state index in [1.54, 1.807) is 36.4 Å². The van der Waals surface area contributed by atoms with E-state index in [0.29, 0.717) is 19.6 Å². The number of hydrogen-bond donors (Lipinski definition) is 1. The lowest BCUT2D eigenvalue weighted by molar-refractivity contribution is -0.149.